The monoisotopic (exact) mass is 484 g/mol. The van der Waals surface area contributed by atoms with Gasteiger partial charge in [0.1, 0.15) is 11.6 Å². The third kappa shape index (κ3) is 4.96. The number of anilines is 3. The Kier molecular flexibility index (Phi) is 6.99. The summed E-state index contributed by atoms with van der Waals surface area (Å²) in [6.45, 7) is 1.84. The lowest BCUT2D eigenvalue weighted by Gasteiger charge is -2.35. The van der Waals surface area contributed by atoms with Crippen LogP contribution in [0.1, 0.15) is 29.3 Å². The SMILES string of the molecule is CF.Cc1cn(-c2ccc(Nc3ncc4c(n3)N(C)C(c3ccc(F)c(F)c3)CC4)cc2F)cn1. The van der Waals surface area contributed by atoms with Crippen LogP contribution in [0, 0.1) is 24.4 Å². The minimum absolute atomic E-state index is 0.147. The summed E-state index contributed by atoms with van der Waals surface area (Å²) in [6, 6.07) is 8.59. The van der Waals surface area contributed by atoms with Gasteiger partial charge in [0.05, 0.1) is 30.9 Å². The van der Waals surface area contributed by atoms with Gasteiger partial charge in [0.2, 0.25) is 5.95 Å². The van der Waals surface area contributed by atoms with Crippen molar-refractivity contribution in [3.63, 3.8) is 0 Å². The van der Waals surface area contributed by atoms with Gasteiger partial charge >= 0.3 is 0 Å². The number of benzene rings is 2. The van der Waals surface area contributed by atoms with E-state index in [4.69, 9.17) is 0 Å². The van der Waals surface area contributed by atoms with Crippen LogP contribution in [0.25, 0.3) is 5.69 Å². The molecule has 0 bridgehead atoms. The summed E-state index contributed by atoms with van der Waals surface area (Å²) >= 11 is 0. The van der Waals surface area contributed by atoms with E-state index in [0.717, 1.165) is 23.7 Å². The van der Waals surface area contributed by atoms with E-state index in [2.05, 4.69) is 20.3 Å². The Balaban J connectivity index is 0.00000141. The van der Waals surface area contributed by atoms with Crippen LogP contribution in [-0.4, -0.2) is 33.7 Å². The second-order valence-corrected chi connectivity index (χ2v) is 8.09. The molecule has 1 unspecified atom stereocenters. The van der Waals surface area contributed by atoms with Crippen molar-refractivity contribution in [3.05, 3.63) is 89.4 Å². The van der Waals surface area contributed by atoms with Crippen LogP contribution in [-0.2, 0) is 6.42 Å². The van der Waals surface area contributed by atoms with Crippen LogP contribution in [0.4, 0.5) is 35.0 Å². The normalized spacial score (nSPS) is 14.7. The molecule has 0 saturated carbocycles. The lowest BCUT2D eigenvalue weighted by Crippen LogP contribution is -2.30. The lowest BCUT2D eigenvalue weighted by molar-refractivity contribution is 0.500. The highest BCUT2D eigenvalue weighted by atomic mass is 19.2. The maximum Gasteiger partial charge on any atom is 0.229 e. The molecule has 10 heteroatoms. The summed E-state index contributed by atoms with van der Waals surface area (Å²) in [5, 5.41) is 3.05. The molecule has 2 aromatic carbocycles. The van der Waals surface area contributed by atoms with Crippen LogP contribution in [0.5, 0.6) is 0 Å². The number of nitrogens with one attached hydrogen (secondary N) is 1. The Hall–Kier alpha value is -3.95. The van der Waals surface area contributed by atoms with E-state index in [1.807, 2.05) is 18.9 Å². The number of nitrogens with zero attached hydrogens (tertiary/aromatic N) is 5. The molecule has 1 N–H and O–H groups in total. The third-order valence-corrected chi connectivity index (χ3v) is 5.85. The van der Waals surface area contributed by atoms with Crippen molar-refractivity contribution in [2.45, 2.75) is 25.8 Å². The second kappa shape index (κ2) is 10.1. The van der Waals surface area contributed by atoms with E-state index < -0.39 is 17.5 Å². The fourth-order valence-corrected chi connectivity index (χ4v) is 4.16. The summed E-state index contributed by atoms with van der Waals surface area (Å²) in [5.74, 6) is -1.14. The number of hydrogen-bond acceptors (Lipinski definition) is 5. The topological polar surface area (TPSA) is 58.9 Å². The molecule has 0 aliphatic carbocycles. The maximum absolute atomic E-state index is 14.7. The first-order chi connectivity index (χ1) is 16.9. The average Bonchev–Trinajstić information content (AvgIpc) is 3.29. The van der Waals surface area contributed by atoms with Crippen LogP contribution in [0.2, 0.25) is 0 Å². The number of aryl methyl sites for hydroxylation is 2. The van der Waals surface area contributed by atoms with Gasteiger partial charge in [0.15, 0.2) is 11.6 Å². The quantitative estimate of drug-likeness (QED) is 0.369. The summed E-state index contributed by atoms with van der Waals surface area (Å²) in [6.07, 6.45) is 6.48. The predicted molar refractivity (Wildman–Crippen MR) is 126 cm³/mol. The molecule has 1 atom stereocenters. The van der Waals surface area contributed by atoms with Crippen molar-refractivity contribution in [1.29, 1.82) is 0 Å². The standard InChI is InChI=1S/C24H21F3N6.CH3F/c1-14-12-33(13-29-14)22-8-5-17(10-20(22)27)30-24-28-11-16-4-7-21(32(2)23(16)31-24)15-3-6-18(25)19(26)9-15;1-2/h3,5-6,8-13,21H,4,7H2,1-2H3,(H,28,30,31);1H3. The van der Waals surface area contributed by atoms with Gasteiger partial charge in [0, 0.05) is 30.7 Å². The molecule has 3 heterocycles. The van der Waals surface area contributed by atoms with E-state index in [-0.39, 0.29) is 6.04 Å². The van der Waals surface area contributed by atoms with Gasteiger partial charge in [-0.3, -0.25) is 4.39 Å². The summed E-state index contributed by atoms with van der Waals surface area (Å²) in [7, 11) is 2.36. The van der Waals surface area contributed by atoms with Gasteiger partial charge in [-0.15, -0.1) is 0 Å². The maximum atomic E-state index is 14.7. The Morgan fingerprint density at radius 1 is 0.971 bits per heavy atom. The molecule has 1 aliphatic rings. The van der Waals surface area contributed by atoms with Gasteiger partial charge in [-0.2, -0.15) is 4.98 Å². The minimum atomic E-state index is -0.868. The van der Waals surface area contributed by atoms with Crippen molar-refractivity contribution in [3.8, 4) is 5.69 Å². The molecule has 0 amide bonds. The first-order valence-corrected chi connectivity index (χ1v) is 10.9. The minimum Gasteiger partial charge on any atom is -0.352 e. The van der Waals surface area contributed by atoms with Crippen LogP contribution in [0.15, 0.2) is 55.1 Å². The molecular formula is C25H24F4N6. The zero-order valence-electron chi connectivity index (χ0n) is 19.4. The van der Waals surface area contributed by atoms with E-state index in [1.165, 1.54) is 12.1 Å². The molecule has 4 aromatic rings. The van der Waals surface area contributed by atoms with Crippen molar-refractivity contribution in [1.82, 2.24) is 19.5 Å². The highest BCUT2D eigenvalue weighted by molar-refractivity contribution is 5.60. The highest BCUT2D eigenvalue weighted by Crippen LogP contribution is 2.37. The molecule has 35 heavy (non-hydrogen) atoms. The van der Waals surface area contributed by atoms with Crippen LogP contribution >= 0.6 is 0 Å². The van der Waals surface area contributed by atoms with Gasteiger partial charge in [-0.25, -0.2) is 23.1 Å². The van der Waals surface area contributed by atoms with Gasteiger partial charge < -0.3 is 14.8 Å². The van der Waals surface area contributed by atoms with Gasteiger partial charge in [-0.05, 0) is 55.7 Å². The number of alkyl halides is 1. The molecule has 0 radical (unpaired) electrons. The molecule has 182 valence electrons. The zero-order valence-corrected chi connectivity index (χ0v) is 19.4. The Labute approximate surface area is 200 Å². The highest BCUT2D eigenvalue weighted by Gasteiger charge is 2.27. The molecule has 2 aromatic heterocycles. The number of aromatic nitrogens is 4. The van der Waals surface area contributed by atoms with E-state index in [0.29, 0.717) is 42.3 Å². The van der Waals surface area contributed by atoms with Crippen molar-refractivity contribution in [2.75, 3.05) is 24.4 Å². The summed E-state index contributed by atoms with van der Waals surface area (Å²) in [5.41, 5.74) is 3.33. The molecule has 0 spiro atoms. The molecule has 0 saturated heterocycles. The number of fused-ring (bicyclic) bond motifs is 1. The lowest BCUT2D eigenvalue weighted by atomic mass is 9.94. The number of halogens is 4. The molecule has 0 fully saturated rings. The number of hydrogen-bond donors (Lipinski definition) is 1. The van der Waals surface area contributed by atoms with Crippen molar-refractivity contribution >= 4 is 17.5 Å². The molecular weight excluding hydrogens is 460 g/mol. The Bertz CT molecular complexity index is 1340. The van der Waals surface area contributed by atoms with Crippen molar-refractivity contribution < 1.29 is 17.6 Å². The second-order valence-electron chi connectivity index (χ2n) is 8.09. The number of imidazole rings is 1. The number of rotatable bonds is 4. The fraction of sp³-hybridized carbons (Fsp3) is 0.240. The smallest absolute Gasteiger partial charge is 0.229 e. The Morgan fingerprint density at radius 3 is 2.46 bits per heavy atom. The molecule has 6 nitrogen and oxygen atoms in total. The predicted octanol–water partition coefficient (Wildman–Crippen LogP) is 5.84. The third-order valence-electron chi connectivity index (χ3n) is 5.85. The van der Waals surface area contributed by atoms with E-state index in [9.17, 15) is 17.6 Å². The first kappa shape index (κ1) is 24.2. The first-order valence-electron chi connectivity index (χ1n) is 10.9. The molecule has 1 aliphatic heterocycles. The van der Waals surface area contributed by atoms with Gasteiger partial charge in [-0.1, -0.05) is 6.07 Å². The van der Waals surface area contributed by atoms with Crippen LogP contribution in [0.3, 0.4) is 0 Å². The summed E-state index contributed by atoms with van der Waals surface area (Å²) < 4.78 is 52.9. The van der Waals surface area contributed by atoms with E-state index in [1.54, 1.807) is 41.5 Å². The fourth-order valence-electron chi connectivity index (χ4n) is 4.16. The largest absolute Gasteiger partial charge is 0.352 e. The van der Waals surface area contributed by atoms with Crippen molar-refractivity contribution in [2.24, 2.45) is 0 Å². The summed E-state index contributed by atoms with van der Waals surface area (Å²) in [4.78, 5) is 15.0. The molecule has 5 rings (SSSR count). The zero-order chi connectivity index (χ0) is 25.1. The Morgan fingerprint density at radius 2 is 1.77 bits per heavy atom. The van der Waals surface area contributed by atoms with E-state index >= 15 is 0 Å². The average molecular weight is 485 g/mol. The van der Waals surface area contributed by atoms with Crippen LogP contribution < -0.4 is 10.2 Å². The van der Waals surface area contributed by atoms with Gasteiger partial charge in [0.25, 0.3) is 0 Å².